The summed E-state index contributed by atoms with van der Waals surface area (Å²) in [7, 11) is -7.38. The Kier molecular flexibility index (Phi) is 14.0. The van der Waals surface area contributed by atoms with Crippen LogP contribution in [0.25, 0.3) is 0 Å². The molecule has 0 aliphatic rings. The van der Waals surface area contributed by atoms with Gasteiger partial charge in [0.1, 0.15) is 5.75 Å². The summed E-state index contributed by atoms with van der Waals surface area (Å²) in [6.07, 6.45) is 7.29. The molecule has 33 heavy (non-hydrogen) atoms. The van der Waals surface area contributed by atoms with E-state index in [2.05, 4.69) is 5.32 Å². The molecule has 1 aromatic carbocycles. The van der Waals surface area contributed by atoms with Crippen LogP contribution in [0.3, 0.4) is 0 Å². The molecular weight excluding hydrogens is 490 g/mol. The molecule has 0 spiro atoms. The zero-order valence-electron chi connectivity index (χ0n) is 19.0. The van der Waals surface area contributed by atoms with Gasteiger partial charge in [0.25, 0.3) is 10.1 Å². The number of anilines is 1. The lowest BCUT2D eigenvalue weighted by Gasteiger charge is -2.13. The predicted octanol–water partition coefficient (Wildman–Crippen LogP) is 4.64. The van der Waals surface area contributed by atoms with Crippen molar-refractivity contribution in [2.45, 2.75) is 71.1 Å². The van der Waals surface area contributed by atoms with E-state index in [0.29, 0.717) is 54.5 Å². The fraction of sp³-hybridized carbons (Fsp3) is 0.667. The van der Waals surface area contributed by atoms with Crippen LogP contribution in [0.2, 0.25) is 0 Å². The van der Waals surface area contributed by atoms with Gasteiger partial charge in [0.15, 0.2) is 0 Å². The molecule has 0 aliphatic heterocycles. The number of hydrogen-bond acceptors (Lipinski definition) is 7. The van der Waals surface area contributed by atoms with E-state index < -0.39 is 19.3 Å². The normalized spacial score (nSPS) is 12.0. The van der Waals surface area contributed by atoms with E-state index in [1.165, 1.54) is 0 Å². The Balaban J connectivity index is 2.26. The molecule has 0 fully saturated rings. The molecular formula is C21H35NO8S3. The zero-order valence-corrected chi connectivity index (χ0v) is 21.4. The average Bonchev–Trinajstić information content (AvgIpc) is 2.69. The fourth-order valence-corrected chi connectivity index (χ4v) is 5.17. The second kappa shape index (κ2) is 15.5. The Hall–Kier alpha value is -1.34. The van der Waals surface area contributed by atoms with Gasteiger partial charge < -0.3 is 10.1 Å². The molecule has 0 aromatic heterocycles. The quantitative estimate of drug-likeness (QED) is 0.142. The summed E-state index contributed by atoms with van der Waals surface area (Å²) in [6, 6.07) is 5.52. The monoisotopic (exact) mass is 525 g/mol. The molecule has 12 heteroatoms. The maximum atomic E-state index is 12.3. The summed E-state index contributed by atoms with van der Waals surface area (Å²) in [6.45, 7) is 2.28. The van der Waals surface area contributed by atoms with Gasteiger partial charge in [-0.2, -0.15) is 16.8 Å². The van der Waals surface area contributed by atoms with Crippen LogP contribution in [-0.2, 0) is 24.1 Å². The Labute approximate surface area is 201 Å². The number of carbonyl (C=O) groups is 1. The molecule has 0 saturated heterocycles. The van der Waals surface area contributed by atoms with Gasteiger partial charge in [-0.3, -0.25) is 13.9 Å². The van der Waals surface area contributed by atoms with Gasteiger partial charge in [-0.1, -0.05) is 38.2 Å². The molecule has 1 rings (SSSR count). The molecule has 190 valence electrons. The number of benzene rings is 1. The molecule has 0 radical (unpaired) electrons. The van der Waals surface area contributed by atoms with Crippen LogP contribution in [0.4, 0.5) is 5.69 Å². The Morgan fingerprint density at radius 1 is 0.939 bits per heavy atom. The third-order valence-corrected chi connectivity index (χ3v) is 7.70. The standard InChI is InChI=1S/C21H35NO8S3/c1-18-12-13-20(30-14-8-9-15-31-33(27,28)29)19(17-18)22-21(23)11-7-5-3-2-4-6-10-16-32(24,25)26/h12-13,17H,2-11,14-16H2,1H3,(H,22,23)(H,24,25,26)(H,27,28,29). The van der Waals surface area contributed by atoms with Gasteiger partial charge in [-0.05, 0) is 61.1 Å². The van der Waals surface area contributed by atoms with Crippen LogP contribution in [0.1, 0.15) is 69.8 Å². The van der Waals surface area contributed by atoms with Gasteiger partial charge in [-0.25, -0.2) is 0 Å². The lowest BCUT2D eigenvalue weighted by molar-refractivity contribution is -0.116. The van der Waals surface area contributed by atoms with Crippen molar-refractivity contribution in [1.82, 2.24) is 0 Å². The van der Waals surface area contributed by atoms with Crippen LogP contribution in [0, 0.1) is 6.92 Å². The van der Waals surface area contributed by atoms with Crippen molar-refractivity contribution >= 4 is 41.7 Å². The maximum Gasteiger partial charge on any atom is 0.319 e. The van der Waals surface area contributed by atoms with Gasteiger partial charge in [0.2, 0.25) is 5.91 Å². The third-order valence-electron chi connectivity index (χ3n) is 4.74. The van der Waals surface area contributed by atoms with E-state index >= 15 is 0 Å². The van der Waals surface area contributed by atoms with Crippen molar-refractivity contribution in [3.63, 3.8) is 0 Å². The molecule has 9 nitrogen and oxygen atoms in total. The number of rotatable bonds is 18. The SMILES string of the molecule is Cc1ccc(OCCCCSS(=O)(=O)O)c(NC(=O)CCCCCCCCCS(=O)(=O)O)c1. The van der Waals surface area contributed by atoms with E-state index in [1.54, 1.807) is 6.07 Å². The summed E-state index contributed by atoms with van der Waals surface area (Å²) in [4.78, 5) is 12.3. The lowest BCUT2D eigenvalue weighted by Crippen LogP contribution is -2.13. The number of nitrogens with one attached hydrogen (secondary N) is 1. The zero-order chi connectivity index (χ0) is 24.7. The van der Waals surface area contributed by atoms with Crippen molar-refractivity contribution in [2.75, 3.05) is 23.4 Å². The summed E-state index contributed by atoms with van der Waals surface area (Å²) >= 11 is 0. The first-order valence-electron chi connectivity index (χ1n) is 11.1. The minimum absolute atomic E-state index is 0.0943. The second-order valence-electron chi connectivity index (χ2n) is 7.86. The first-order valence-corrected chi connectivity index (χ1v) is 15.6. The van der Waals surface area contributed by atoms with Gasteiger partial charge in [0.05, 0.1) is 18.0 Å². The highest BCUT2D eigenvalue weighted by Crippen LogP contribution is 2.26. The fourth-order valence-electron chi connectivity index (χ4n) is 3.08. The minimum atomic E-state index is -4.01. The van der Waals surface area contributed by atoms with Crippen LogP contribution < -0.4 is 10.1 Å². The molecule has 0 bridgehead atoms. The number of carbonyl (C=O) groups excluding carboxylic acids is 1. The molecule has 1 amide bonds. The van der Waals surface area contributed by atoms with Crippen molar-refractivity contribution < 1.29 is 35.5 Å². The highest BCUT2D eigenvalue weighted by Gasteiger charge is 2.10. The van der Waals surface area contributed by atoms with Crippen LogP contribution in [0.15, 0.2) is 18.2 Å². The Morgan fingerprint density at radius 2 is 1.58 bits per heavy atom. The van der Waals surface area contributed by atoms with Crippen molar-refractivity contribution in [1.29, 1.82) is 0 Å². The molecule has 3 N–H and O–H groups in total. The number of unbranched alkanes of at least 4 members (excludes halogenated alkanes) is 7. The third kappa shape index (κ3) is 16.9. The van der Waals surface area contributed by atoms with Crippen molar-refractivity contribution in [3.8, 4) is 5.75 Å². The summed E-state index contributed by atoms with van der Waals surface area (Å²) < 4.78 is 65.8. The highest BCUT2D eigenvalue weighted by atomic mass is 33.1. The van der Waals surface area contributed by atoms with Gasteiger partial charge in [-0.15, -0.1) is 0 Å². The van der Waals surface area contributed by atoms with E-state index in [1.807, 2.05) is 19.1 Å². The first-order chi connectivity index (χ1) is 15.5. The summed E-state index contributed by atoms with van der Waals surface area (Å²) in [5, 5.41) is 2.90. The van der Waals surface area contributed by atoms with Crippen molar-refractivity contribution in [2.24, 2.45) is 0 Å². The van der Waals surface area contributed by atoms with Gasteiger partial charge >= 0.3 is 9.15 Å². The van der Waals surface area contributed by atoms with Crippen LogP contribution in [0.5, 0.6) is 5.75 Å². The first kappa shape index (κ1) is 29.7. The Morgan fingerprint density at radius 3 is 2.21 bits per heavy atom. The topological polar surface area (TPSA) is 147 Å². The number of aryl methyl sites for hydroxylation is 1. The molecule has 0 unspecified atom stereocenters. The number of ether oxygens (including phenoxy) is 1. The summed E-state index contributed by atoms with van der Waals surface area (Å²) in [5.41, 5.74) is 1.59. The van der Waals surface area contributed by atoms with Crippen LogP contribution >= 0.6 is 10.8 Å². The van der Waals surface area contributed by atoms with Gasteiger partial charge in [0, 0.05) is 12.2 Å². The molecule has 0 saturated carbocycles. The largest absolute Gasteiger partial charge is 0.491 e. The summed E-state index contributed by atoms with van der Waals surface area (Å²) in [5.74, 6) is 0.555. The maximum absolute atomic E-state index is 12.3. The second-order valence-corrected chi connectivity index (χ2v) is 12.9. The predicted molar refractivity (Wildman–Crippen MR) is 132 cm³/mol. The van der Waals surface area contributed by atoms with E-state index in [0.717, 1.165) is 44.1 Å². The number of hydrogen-bond donors (Lipinski definition) is 3. The smallest absolute Gasteiger partial charge is 0.319 e. The van der Waals surface area contributed by atoms with Crippen LogP contribution in [-0.4, -0.2) is 50.0 Å². The van der Waals surface area contributed by atoms with E-state index in [-0.39, 0.29) is 17.4 Å². The average molecular weight is 526 g/mol. The number of amides is 1. The van der Waals surface area contributed by atoms with E-state index in [4.69, 9.17) is 13.8 Å². The minimum Gasteiger partial charge on any atom is -0.491 e. The Bertz CT molecular complexity index is 933. The highest BCUT2D eigenvalue weighted by molar-refractivity contribution is 8.69. The molecule has 0 atom stereocenters. The lowest BCUT2D eigenvalue weighted by atomic mass is 10.1. The van der Waals surface area contributed by atoms with E-state index in [9.17, 15) is 21.6 Å². The molecule has 0 heterocycles. The molecule has 0 aliphatic carbocycles. The molecule has 1 aromatic rings. The van der Waals surface area contributed by atoms with Crippen molar-refractivity contribution in [3.05, 3.63) is 23.8 Å².